The average molecular weight is 795 g/mol. The Morgan fingerprint density at radius 2 is 1.18 bits per heavy atom. The lowest BCUT2D eigenvalue weighted by Crippen LogP contribution is -2.42. The van der Waals surface area contributed by atoms with Gasteiger partial charge in [0.05, 0.1) is 34.9 Å². The Labute approximate surface area is 331 Å². The van der Waals surface area contributed by atoms with Crippen LogP contribution in [0.25, 0.3) is 0 Å². The lowest BCUT2D eigenvalue weighted by molar-refractivity contribution is -0.197. The van der Waals surface area contributed by atoms with E-state index in [0.717, 1.165) is 12.1 Å². The van der Waals surface area contributed by atoms with E-state index < -0.39 is 103 Å². The maximum absolute atomic E-state index is 15.4. The number of nitrogens with one attached hydrogen (secondary N) is 2. The first-order valence-electron chi connectivity index (χ1n) is 19.0. The molecule has 0 aliphatic carbocycles. The highest BCUT2D eigenvalue weighted by atomic mass is 19.1. The van der Waals surface area contributed by atoms with Gasteiger partial charge in [0, 0.05) is 47.9 Å². The number of carbonyl (C=O) groups is 6. The van der Waals surface area contributed by atoms with Crippen molar-refractivity contribution in [2.75, 3.05) is 6.54 Å². The first-order valence-corrected chi connectivity index (χ1v) is 19.0. The molecule has 3 saturated heterocycles. The average Bonchev–Trinajstić information content (AvgIpc) is 3.64. The summed E-state index contributed by atoms with van der Waals surface area (Å²) in [5, 5.41) is 5.71. The van der Waals surface area contributed by atoms with Gasteiger partial charge in [-0.1, -0.05) is 12.1 Å². The number of ketones is 1. The summed E-state index contributed by atoms with van der Waals surface area (Å²) < 4.78 is 54.2. The van der Waals surface area contributed by atoms with Crippen LogP contribution < -0.4 is 21.6 Å². The third-order valence-corrected chi connectivity index (χ3v) is 11.2. The number of hydroxylamine groups is 2. The summed E-state index contributed by atoms with van der Waals surface area (Å²) in [4.78, 5) is 80.5. The number of hydrogen-bond acceptors (Lipinski definition) is 11. The minimum Gasteiger partial charge on any atom is -0.399 e. The minimum absolute atomic E-state index is 0.0739. The molecule has 0 saturated carbocycles. The maximum atomic E-state index is 15.4. The predicted molar refractivity (Wildman–Crippen MR) is 203 cm³/mol. The molecule has 2 aromatic rings. The molecule has 0 unspecified atom stereocenters. The predicted octanol–water partition coefficient (Wildman–Crippen LogP) is 3.22. The van der Waals surface area contributed by atoms with Crippen LogP contribution in [0.2, 0.25) is 0 Å². The van der Waals surface area contributed by atoms with Crippen LogP contribution in [0.1, 0.15) is 121 Å². The molecule has 0 spiro atoms. The summed E-state index contributed by atoms with van der Waals surface area (Å²) in [6.45, 7) is 14.8. The third-order valence-electron chi connectivity index (χ3n) is 11.2. The van der Waals surface area contributed by atoms with E-state index >= 15 is 8.78 Å². The Kier molecular flexibility index (Phi) is 12.8. The number of rotatable bonds is 15. The van der Waals surface area contributed by atoms with Gasteiger partial charge in [-0.2, -0.15) is 0 Å². The molecule has 3 fully saturated rings. The quantitative estimate of drug-likeness (QED) is 0.154. The van der Waals surface area contributed by atoms with Gasteiger partial charge >= 0.3 is 20.2 Å². The second-order valence-electron chi connectivity index (χ2n) is 16.4. The number of imide groups is 1. The topological polar surface area (TPSA) is 176 Å². The second-order valence-corrected chi connectivity index (χ2v) is 16.4. The first kappa shape index (κ1) is 43.6. The van der Waals surface area contributed by atoms with Crippen molar-refractivity contribution < 1.29 is 61.0 Å². The van der Waals surface area contributed by atoms with Gasteiger partial charge < -0.3 is 34.1 Å². The lowest BCUT2D eigenvalue weighted by Gasteiger charge is -2.32. The van der Waals surface area contributed by atoms with E-state index in [1.807, 2.05) is 55.4 Å². The van der Waals surface area contributed by atoms with Gasteiger partial charge in [0.1, 0.15) is 11.6 Å². The molecule has 2 N–H and O–H groups in total. The van der Waals surface area contributed by atoms with Gasteiger partial charge in [-0.25, -0.2) is 13.6 Å². The summed E-state index contributed by atoms with van der Waals surface area (Å²) in [5.41, 5.74) is -2.53. The van der Waals surface area contributed by atoms with Crippen LogP contribution in [-0.4, -0.2) is 89.7 Å². The minimum atomic E-state index is -1.14. The van der Waals surface area contributed by atoms with Gasteiger partial charge in [-0.15, -0.1) is 5.06 Å². The Hall–Kier alpha value is -4.51. The molecule has 306 valence electrons. The van der Waals surface area contributed by atoms with E-state index in [4.69, 9.17) is 23.5 Å². The van der Waals surface area contributed by atoms with Crippen molar-refractivity contribution in [1.29, 1.82) is 0 Å². The van der Waals surface area contributed by atoms with E-state index in [9.17, 15) is 28.8 Å². The highest BCUT2D eigenvalue weighted by molar-refractivity contribution is 6.62. The highest BCUT2D eigenvalue weighted by Gasteiger charge is 2.53. The zero-order chi connectivity index (χ0) is 42.1. The van der Waals surface area contributed by atoms with Gasteiger partial charge in [0.2, 0.25) is 0 Å². The van der Waals surface area contributed by atoms with Gasteiger partial charge in [-0.05, 0) is 98.9 Å². The van der Waals surface area contributed by atoms with E-state index in [1.54, 1.807) is 0 Å². The number of nitrogens with zero attached hydrogens (tertiary/aromatic N) is 1. The van der Waals surface area contributed by atoms with Crippen LogP contribution in [0.3, 0.4) is 0 Å². The molecule has 1 atom stereocenters. The van der Waals surface area contributed by atoms with Gasteiger partial charge in [-0.3, -0.25) is 24.0 Å². The van der Waals surface area contributed by atoms with E-state index in [0.29, 0.717) is 17.9 Å². The highest BCUT2D eigenvalue weighted by Crippen LogP contribution is 2.37. The number of unbranched alkanes of at least 4 members (excludes halogenated alkanes) is 1. The molecule has 2 aromatic carbocycles. The first-order chi connectivity index (χ1) is 26.5. The molecule has 0 aromatic heterocycles. The monoisotopic (exact) mass is 795 g/mol. The molecule has 3 aliphatic rings. The Balaban J connectivity index is 1.18. The molecular weight excluding hydrogens is 746 g/mol. The Morgan fingerprint density at radius 1 is 0.719 bits per heavy atom. The maximum Gasteiger partial charge on any atom is 0.497 e. The van der Waals surface area contributed by atoms with E-state index in [1.165, 1.54) is 24.3 Å². The lowest BCUT2D eigenvalue weighted by atomic mass is 9.78. The molecule has 57 heavy (non-hydrogen) atoms. The second kappa shape index (κ2) is 16.8. The van der Waals surface area contributed by atoms with Crippen LogP contribution in [0.5, 0.6) is 0 Å². The van der Waals surface area contributed by atoms with Crippen LogP contribution >= 0.6 is 0 Å². The third kappa shape index (κ3) is 9.79. The largest absolute Gasteiger partial charge is 0.497 e. The van der Waals surface area contributed by atoms with Crippen molar-refractivity contribution in [3.8, 4) is 0 Å². The normalized spacial score (nSPS) is 19.8. The molecule has 4 amide bonds. The van der Waals surface area contributed by atoms with E-state index in [2.05, 4.69) is 10.6 Å². The summed E-state index contributed by atoms with van der Waals surface area (Å²) in [6.07, 6.45) is -0.349. The van der Waals surface area contributed by atoms with Crippen LogP contribution in [0, 0.1) is 11.6 Å². The Morgan fingerprint density at radius 3 is 1.63 bits per heavy atom. The van der Waals surface area contributed by atoms with Crippen molar-refractivity contribution >= 4 is 60.5 Å². The summed E-state index contributed by atoms with van der Waals surface area (Å²) in [6, 6.07) is 6.64. The molecule has 0 bridgehead atoms. The summed E-state index contributed by atoms with van der Waals surface area (Å²) >= 11 is 0. The zero-order valence-corrected chi connectivity index (χ0v) is 33.5. The van der Waals surface area contributed by atoms with Gasteiger partial charge in [0.15, 0.2) is 5.78 Å². The summed E-state index contributed by atoms with van der Waals surface area (Å²) in [5.74, 6) is -5.59. The fourth-order valence-electron chi connectivity index (χ4n) is 6.20. The molecule has 18 heteroatoms. The number of benzene rings is 2. The fourth-order valence-corrected chi connectivity index (χ4v) is 6.20. The molecule has 0 radical (unpaired) electrons. The van der Waals surface area contributed by atoms with Crippen molar-refractivity contribution in [1.82, 2.24) is 15.7 Å². The molecular formula is C39H49B2F2N3O11. The van der Waals surface area contributed by atoms with Crippen LogP contribution in [0.4, 0.5) is 8.78 Å². The van der Waals surface area contributed by atoms with Crippen molar-refractivity contribution in [3.05, 3.63) is 59.2 Å². The number of halogens is 2. The van der Waals surface area contributed by atoms with Crippen molar-refractivity contribution in [2.24, 2.45) is 0 Å². The van der Waals surface area contributed by atoms with Gasteiger partial charge in [0.25, 0.3) is 23.6 Å². The number of carbonyl (C=O) groups excluding carboxylic acids is 6. The van der Waals surface area contributed by atoms with E-state index in [-0.39, 0.29) is 47.9 Å². The molecule has 3 aliphatic heterocycles. The smallest absolute Gasteiger partial charge is 0.399 e. The molecule has 5 rings (SSSR count). The van der Waals surface area contributed by atoms with Crippen LogP contribution in [-0.2, 0) is 42.6 Å². The SMILES string of the molecule is CC1(C)OB(c2ccc(C(=O)NCCCC[C@H](NC(=O)c3ccc(B4OC(C)(C)C(C)(C)O4)c(F)c3)C(=O)CCC(=O)ON3C(=O)CCC3=O)cc2F)OC1(C)C. The zero-order valence-electron chi connectivity index (χ0n) is 33.5. The number of Topliss-reactive ketones (excluding diaryl/α,β-unsaturated/α-hetero) is 1. The number of amides is 4. The molecule has 3 heterocycles. The van der Waals surface area contributed by atoms with Crippen molar-refractivity contribution in [2.45, 2.75) is 129 Å². The van der Waals surface area contributed by atoms with Crippen LogP contribution in [0.15, 0.2) is 36.4 Å². The molecule has 14 nitrogen and oxygen atoms in total. The van der Waals surface area contributed by atoms with Crippen molar-refractivity contribution in [3.63, 3.8) is 0 Å². The Bertz CT molecular complexity index is 1890. The number of hydrogen-bond donors (Lipinski definition) is 2. The fraction of sp³-hybridized carbons (Fsp3) is 0.538. The summed E-state index contributed by atoms with van der Waals surface area (Å²) in [7, 11) is -1.94. The standard InChI is InChI=1S/C39H49B2F2N3O11/c1-36(2)37(3,4)55-40(54-36)25-14-12-23(21-27(25)42)34(51)44-20-10-9-11-29(30(47)16-19-33(50)53-46-31(48)17-18-32(46)49)45-35(52)24-13-15-26(28(43)22-24)41-56-38(5,6)39(7,8)57-41/h12-15,21-22,29H,9-11,16-20H2,1-8H3,(H,44,51)(H,45,52)/t29-/m0/s1.